The Labute approximate surface area is 167 Å². The molecule has 146 valence electrons. The van der Waals surface area contributed by atoms with Gasteiger partial charge in [0.25, 0.3) is 0 Å². The molecular weight excluding hydrogens is 348 g/mol. The Morgan fingerprint density at radius 2 is 1.61 bits per heavy atom. The van der Waals surface area contributed by atoms with E-state index in [2.05, 4.69) is 12.7 Å². The third kappa shape index (κ3) is 4.14. The van der Waals surface area contributed by atoms with Crippen LogP contribution in [0.25, 0.3) is 0 Å². The molecule has 1 saturated carbocycles. The topological polar surface area (TPSA) is 60.7 Å². The van der Waals surface area contributed by atoms with E-state index in [1.165, 1.54) is 5.56 Å². The van der Waals surface area contributed by atoms with Crippen LogP contribution in [0.1, 0.15) is 49.7 Å². The molecule has 1 unspecified atom stereocenters. The summed E-state index contributed by atoms with van der Waals surface area (Å²) < 4.78 is 0. The van der Waals surface area contributed by atoms with Gasteiger partial charge in [-0.15, -0.1) is 0 Å². The van der Waals surface area contributed by atoms with Crippen molar-refractivity contribution in [2.45, 2.75) is 43.9 Å². The molecule has 2 atom stereocenters. The quantitative estimate of drug-likeness (QED) is 0.426. The van der Waals surface area contributed by atoms with Gasteiger partial charge in [0.15, 0.2) is 0 Å². The summed E-state index contributed by atoms with van der Waals surface area (Å²) in [5, 5.41) is 29.0. The zero-order valence-electron chi connectivity index (χ0n) is 16.3. The summed E-state index contributed by atoms with van der Waals surface area (Å²) in [5.41, 5.74) is 3.31. The second-order valence-electron chi connectivity index (χ2n) is 7.58. The Hall–Kier alpha value is -2.94. The minimum atomic E-state index is -0.213. The molecule has 0 aromatic heterocycles. The molecule has 1 aliphatic carbocycles. The minimum absolute atomic E-state index is 0.0334. The van der Waals surface area contributed by atoms with Gasteiger partial charge in [0.2, 0.25) is 0 Å². The lowest BCUT2D eigenvalue weighted by Crippen LogP contribution is -2.34. The predicted octanol–water partition coefficient (Wildman–Crippen LogP) is 6.27. The van der Waals surface area contributed by atoms with E-state index in [4.69, 9.17) is 0 Å². The molecule has 3 N–H and O–H groups in total. The first-order valence-corrected chi connectivity index (χ1v) is 9.76. The molecule has 0 spiro atoms. The standard InChI is InChI=1S/C25H28O3/c1-3-21(9-6-18(2)26)25(22-10-14-24(28)15-11-22)16-4-5-20(17-25)19-7-12-23(27)13-8-19/h3,6-15,20,26-28H,2,4-5,16-17H2,1H3/b9-6-,21-3+/t20?,25-/m0/s1. The van der Waals surface area contributed by atoms with Crippen LogP contribution in [0.15, 0.2) is 84.7 Å². The summed E-state index contributed by atoms with van der Waals surface area (Å²) in [5.74, 6) is 0.934. The number of hydrogen-bond donors (Lipinski definition) is 3. The Kier molecular flexibility index (Phi) is 5.93. The van der Waals surface area contributed by atoms with Gasteiger partial charge in [0.1, 0.15) is 17.3 Å². The van der Waals surface area contributed by atoms with Crippen molar-refractivity contribution >= 4 is 0 Å². The Balaban J connectivity index is 2.06. The number of aliphatic hydroxyl groups excluding tert-OH is 1. The fraction of sp³-hybridized carbons (Fsp3) is 0.280. The maximum atomic E-state index is 9.77. The summed E-state index contributed by atoms with van der Waals surface area (Å²) in [6.45, 7) is 5.59. The number of aromatic hydroxyl groups is 2. The first kappa shape index (κ1) is 19.8. The monoisotopic (exact) mass is 376 g/mol. The summed E-state index contributed by atoms with van der Waals surface area (Å²) in [6, 6.07) is 15.0. The number of rotatable bonds is 5. The van der Waals surface area contributed by atoms with Crippen molar-refractivity contribution in [1.82, 2.24) is 0 Å². The minimum Gasteiger partial charge on any atom is -0.509 e. The highest BCUT2D eigenvalue weighted by Gasteiger charge is 2.40. The van der Waals surface area contributed by atoms with E-state index in [1.54, 1.807) is 30.3 Å². The van der Waals surface area contributed by atoms with Gasteiger partial charge in [-0.3, -0.25) is 0 Å². The smallest absolute Gasteiger partial charge is 0.115 e. The van der Waals surface area contributed by atoms with Crippen LogP contribution >= 0.6 is 0 Å². The Morgan fingerprint density at radius 1 is 1.00 bits per heavy atom. The van der Waals surface area contributed by atoms with Crippen molar-refractivity contribution in [3.8, 4) is 11.5 Å². The van der Waals surface area contributed by atoms with Crippen LogP contribution in [0.4, 0.5) is 0 Å². The molecule has 28 heavy (non-hydrogen) atoms. The van der Waals surface area contributed by atoms with Crippen LogP contribution in [0, 0.1) is 0 Å². The Morgan fingerprint density at radius 3 is 2.18 bits per heavy atom. The zero-order chi connectivity index (χ0) is 20.1. The Bertz CT molecular complexity index is 875. The van der Waals surface area contributed by atoms with Crippen molar-refractivity contribution in [3.63, 3.8) is 0 Å². The summed E-state index contributed by atoms with van der Waals surface area (Å²) in [7, 11) is 0. The molecule has 1 aliphatic rings. The van der Waals surface area contributed by atoms with E-state index in [0.717, 1.165) is 36.8 Å². The maximum absolute atomic E-state index is 9.77. The lowest BCUT2D eigenvalue weighted by atomic mass is 9.60. The van der Waals surface area contributed by atoms with Crippen LogP contribution in [0.5, 0.6) is 11.5 Å². The third-order valence-electron chi connectivity index (χ3n) is 5.85. The van der Waals surface area contributed by atoms with Gasteiger partial charge in [0.05, 0.1) is 0 Å². The molecule has 0 heterocycles. The van der Waals surface area contributed by atoms with Crippen molar-refractivity contribution in [1.29, 1.82) is 0 Å². The van der Waals surface area contributed by atoms with Crippen LogP contribution in [-0.2, 0) is 5.41 Å². The summed E-state index contributed by atoms with van der Waals surface area (Å²) in [4.78, 5) is 0. The number of hydrogen-bond acceptors (Lipinski definition) is 3. The molecule has 3 heteroatoms. The molecule has 1 fully saturated rings. The first-order valence-electron chi connectivity index (χ1n) is 9.76. The SMILES string of the molecule is C=C(O)/C=C\C(=C/C)[C@]1(c2ccc(O)cc2)CCCC(c2ccc(O)cc2)C1. The van der Waals surface area contributed by atoms with E-state index in [1.807, 2.05) is 37.3 Å². The number of phenols is 2. The second kappa shape index (κ2) is 8.39. The van der Waals surface area contributed by atoms with Gasteiger partial charge in [0, 0.05) is 5.41 Å². The first-order chi connectivity index (χ1) is 13.4. The molecular formula is C25H28O3. The van der Waals surface area contributed by atoms with Crippen LogP contribution in [-0.4, -0.2) is 15.3 Å². The molecule has 0 amide bonds. The fourth-order valence-corrected chi connectivity index (χ4v) is 4.50. The van der Waals surface area contributed by atoms with Gasteiger partial charge < -0.3 is 15.3 Å². The third-order valence-corrected chi connectivity index (χ3v) is 5.85. The lowest BCUT2D eigenvalue weighted by Gasteiger charge is -2.43. The van der Waals surface area contributed by atoms with E-state index < -0.39 is 0 Å². The molecule has 0 aliphatic heterocycles. The molecule has 0 saturated heterocycles. The zero-order valence-corrected chi connectivity index (χ0v) is 16.3. The van der Waals surface area contributed by atoms with Gasteiger partial charge >= 0.3 is 0 Å². The van der Waals surface area contributed by atoms with E-state index >= 15 is 0 Å². The van der Waals surface area contributed by atoms with Crippen molar-refractivity contribution < 1.29 is 15.3 Å². The van der Waals surface area contributed by atoms with Crippen LogP contribution < -0.4 is 0 Å². The fourth-order valence-electron chi connectivity index (χ4n) is 4.50. The maximum Gasteiger partial charge on any atom is 0.115 e. The van der Waals surface area contributed by atoms with Crippen molar-refractivity contribution in [2.24, 2.45) is 0 Å². The van der Waals surface area contributed by atoms with Crippen LogP contribution in [0.3, 0.4) is 0 Å². The summed E-state index contributed by atoms with van der Waals surface area (Å²) >= 11 is 0. The molecule has 2 aromatic carbocycles. The predicted molar refractivity (Wildman–Crippen MR) is 114 cm³/mol. The normalized spacial score (nSPS) is 23.0. The van der Waals surface area contributed by atoms with E-state index in [-0.39, 0.29) is 22.7 Å². The van der Waals surface area contributed by atoms with Crippen molar-refractivity contribution in [3.05, 3.63) is 95.8 Å². The highest BCUT2D eigenvalue weighted by molar-refractivity contribution is 5.46. The molecule has 0 radical (unpaired) electrons. The molecule has 0 bridgehead atoms. The number of phenolic OH excluding ortho intramolecular Hbond substituents is 2. The van der Waals surface area contributed by atoms with Gasteiger partial charge in [-0.1, -0.05) is 49.4 Å². The molecule has 3 nitrogen and oxygen atoms in total. The highest BCUT2D eigenvalue weighted by Crippen LogP contribution is 2.50. The number of allylic oxidation sites excluding steroid dienone is 4. The van der Waals surface area contributed by atoms with E-state index in [0.29, 0.717) is 5.92 Å². The van der Waals surface area contributed by atoms with Crippen LogP contribution in [0.2, 0.25) is 0 Å². The average Bonchev–Trinajstić information content (AvgIpc) is 2.69. The van der Waals surface area contributed by atoms with Gasteiger partial charge in [-0.2, -0.15) is 0 Å². The van der Waals surface area contributed by atoms with E-state index in [9.17, 15) is 15.3 Å². The van der Waals surface area contributed by atoms with Gasteiger partial charge in [-0.05, 0) is 79.1 Å². The molecule has 2 aromatic rings. The number of aliphatic hydroxyl groups is 1. The highest BCUT2D eigenvalue weighted by atomic mass is 16.3. The molecule has 3 rings (SSSR count). The second-order valence-corrected chi connectivity index (χ2v) is 7.58. The number of benzene rings is 2. The largest absolute Gasteiger partial charge is 0.509 e. The summed E-state index contributed by atoms with van der Waals surface area (Å²) in [6.07, 6.45) is 9.77. The van der Waals surface area contributed by atoms with Gasteiger partial charge in [-0.25, -0.2) is 0 Å². The van der Waals surface area contributed by atoms with Crippen molar-refractivity contribution in [2.75, 3.05) is 0 Å². The lowest BCUT2D eigenvalue weighted by molar-refractivity contribution is 0.309. The average molecular weight is 376 g/mol.